The Kier molecular flexibility index (Phi) is 8.46. The fourth-order valence-electron chi connectivity index (χ4n) is 6.31. The van der Waals surface area contributed by atoms with Gasteiger partial charge in [0.2, 0.25) is 0 Å². The molecule has 4 aromatic rings. The maximum atomic E-state index is 13.8. The molecule has 240 valence electrons. The molecule has 0 spiro atoms. The van der Waals surface area contributed by atoms with Crippen molar-refractivity contribution in [3.05, 3.63) is 100 Å². The first-order chi connectivity index (χ1) is 21.3. The smallest absolute Gasteiger partial charge is 0.369 e. The van der Waals surface area contributed by atoms with Crippen LogP contribution < -0.4 is 0 Å². The number of ether oxygens (including phenoxy) is 1. The summed E-state index contributed by atoms with van der Waals surface area (Å²) in [6.07, 6.45) is -7.86. The van der Waals surface area contributed by atoms with Gasteiger partial charge in [0.25, 0.3) is 0 Å². The minimum absolute atomic E-state index is 0.0992. The van der Waals surface area contributed by atoms with Gasteiger partial charge in [-0.2, -0.15) is 31.4 Å². The van der Waals surface area contributed by atoms with Gasteiger partial charge < -0.3 is 9.30 Å². The Morgan fingerprint density at radius 1 is 0.933 bits per heavy atom. The van der Waals surface area contributed by atoms with E-state index in [1.807, 2.05) is 10.6 Å². The summed E-state index contributed by atoms with van der Waals surface area (Å²) in [6, 6.07) is 9.31. The standard InChI is InChI=1S/C31H31F7N6O/c1-18(21-12-22(30(33,34)35)14-23(13-21)31(36,37)38)45-27-15-28-41-42-29(44(28)16-25(27)19-2-4-24(32)5-3-19)17-43-10-7-20(8-11-43)26-6-9-39-40-26/h2-6,9,12-14,18,20,25,27H,7-8,10-11,15-17H2,1H3,(H,39,40)/t18-,25-,27+/m1/s1. The lowest BCUT2D eigenvalue weighted by Gasteiger charge is -2.36. The van der Waals surface area contributed by atoms with Gasteiger partial charge in [0.15, 0.2) is 0 Å². The molecule has 2 aromatic heterocycles. The van der Waals surface area contributed by atoms with Gasteiger partial charge in [-0.3, -0.25) is 10.00 Å². The number of piperidine rings is 1. The topological polar surface area (TPSA) is 71.9 Å². The quantitative estimate of drug-likeness (QED) is 0.220. The van der Waals surface area contributed by atoms with E-state index in [2.05, 4.69) is 25.3 Å². The zero-order valence-corrected chi connectivity index (χ0v) is 24.2. The molecule has 0 unspecified atom stereocenters. The Morgan fingerprint density at radius 3 is 2.20 bits per heavy atom. The highest BCUT2D eigenvalue weighted by atomic mass is 19.4. The van der Waals surface area contributed by atoms with Crippen LogP contribution in [-0.2, 0) is 36.6 Å². The van der Waals surface area contributed by atoms with Crippen LogP contribution in [0.25, 0.3) is 0 Å². The highest BCUT2D eigenvalue weighted by molar-refractivity contribution is 5.35. The molecule has 7 nitrogen and oxygen atoms in total. The van der Waals surface area contributed by atoms with Crippen molar-refractivity contribution in [2.75, 3.05) is 13.1 Å². The molecular weight excluding hydrogens is 605 g/mol. The number of hydrogen-bond acceptors (Lipinski definition) is 5. The van der Waals surface area contributed by atoms with E-state index in [0.29, 0.717) is 37.0 Å². The first-order valence-corrected chi connectivity index (χ1v) is 14.7. The first kappa shape index (κ1) is 31.2. The number of hydrogen-bond donors (Lipinski definition) is 1. The molecule has 1 saturated heterocycles. The number of halogens is 7. The molecule has 0 amide bonds. The number of fused-ring (bicyclic) bond motifs is 1. The van der Waals surface area contributed by atoms with Gasteiger partial charge in [-0.1, -0.05) is 12.1 Å². The normalized spacial score (nSPS) is 20.7. The van der Waals surface area contributed by atoms with E-state index in [0.717, 1.165) is 43.0 Å². The number of benzene rings is 2. The Labute approximate surface area is 254 Å². The second-order valence-corrected chi connectivity index (χ2v) is 11.7. The van der Waals surface area contributed by atoms with Crippen LogP contribution in [0.2, 0.25) is 0 Å². The number of aromatic nitrogens is 5. The molecule has 2 aliphatic heterocycles. The van der Waals surface area contributed by atoms with Gasteiger partial charge >= 0.3 is 12.4 Å². The molecule has 2 aromatic carbocycles. The Bertz CT molecular complexity index is 1560. The van der Waals surface area contributed by atoms with E-state index < -0.39 is 47.4 Å². The lowest BCUT2D eigenvalue weighted by atomic mass is 9.88. The van der Waals surface area contributed by atoms with Crippen LogP contribution in [0, 0.1) is 5.82 Å². The van der Waals surface area contributed by atoms with Gasteiger partial charge in [0, 0.05) is 36.7 Å². The molecule has 4 heterocycles. The Balaban J connectivity index is 1.24. The predicted octanol–water partition coefficient (Wildman–Crippen LogP) is 7.04. The zero-order chi connectivity index (χ0) is 31.9. The lowest BCUT2D eigenvalue weighted by Crippen LogP contribution is -2.37. The predicted molar refractivity (Wildman–Crippen MR) is 148 cm³/mol. The third kappa shape index (κ3) is 6.91. The molecule has 3 atom stereocenters. The van der Waals surface area contributed by atoms with Crippen molar-refractivity contribution in [3.63, 3.8) is 0 Å². The van der Waals surface area contributed by atoms with Crippen LogP contribution in [0.3, 0.4) is 0 Å². The van der Waals surface area contributed by atoms with Gasteiger partial charge in [0.05, 0.1) is 29.9 Å². The van der Waals surface area contributed by atoms with Crippen LogP contribution >= 0.6 is 0 Å². The van der Waals surface area contributed by atoms with Crippen molar-refractivity contribution < 1.29 is 35.5 Å². The lowest BCUT2D eigenvalue weighted by molar-refractivity contribution is -0.143. The maximum absolute atomic E-state index is 13.8. The summed E-state index contributed by atoms with van der Waals surface area (Å²) in [5.74, 6) is 0.926. The van der Waals surface area contributed by atoms with Gasteiger partial charge in [0.1, 0.15) is 17.5 Å². The summed E-state index contributed by atoms with van der Waals surface area (Å²) in [7, 11) is 0. The SMILES string of the molecule is C[C@@H](O[C@H]1Cc2nnc(CN3CCC(c4ccn[nH]4)CC3)n2C[C@@H]1c1ccc(F)cc1)c1cc(C(F)(F)F)cc(C(F)(F)F)c1. The molecule has 14 heteroatoms. The van der Waals surface area contributed by atoms with E-state index in [4.69, 9.17) is 4.74 Å². The summed E-state index contributed by atoms with van der Waals surface area (Å²) < 4.78 is 103. The fourth-order valence-corrected chi connectivity index (χ4v) is 6.31. The molecule has 6 rings (SSSR count). The zero-order valence-electron chi connectivity index (χ0n) is 24.2. The number of nitrogens with zero attached hydrogens (tertiary/aromatic N) is 5. The number of H-pyrrole nitrogens is 1. The maximum Gasteiger partial charge on any atom is 0.416 e. The fraction of sp³-hybridized carbons (Fsp3) is 0.452. The van der Waals surface area contributed by atoms with Crippen molar-refractivity contribution in [1.82, 2.24) is 29.9 Å². The highest BCUT2D eigenvalue weighted by Crippen LogP contribution is 2.40. The molecule has 0 aliphatic carbocycles. The van der Waals surface area contributed by atoms with Gasteiger partial charge in [-0.05, 0) is 80.4 Å². The summed E-state index contributed by atoms with van der Waals surface area (Å²) in [6.45, 7) is 4.04. The second kappa shape index (κ2) is 12.2. The van der Waals surface area contributed by atoms with Gasteiger partial charge in [-0.25, -0.2) is 4.39 Å². The molecule has 0 bridgehead atoms. The summed E-state index contributed by atoms with van der Waals surface area (Å²) in [5, 5.41) is 15.9. The third-order valence-corrected chi connectivity index (χ3v) is 8.79. The number of alkyl halides is 6. The van der Waals surface area contributed by atoms with E-state index in [1.54, 1.807) is 18.3 Å². The van der Waals surface area contributed by atoms with E-state index in [-0.39, 0.29) is 18.1 Å². The average molecular weight is 637 g/mol. The largest absolute Gasteiger partial charge is 0.416 e. The van der Waals surface area contributed by atoms with E-state index in [1.165, 1.54) is 19.1 Å². The van der Waals surface area contributed by atoms with Crippen LogP contribution in [0.15, 0.2) is 54.7 Å². The average Bonchev–Trinajstić information content (AvgIpc) is 3.67. The van der Waals surface area contributed by atoms with E-state index in [9.17, 15) is 30.7 Å². The van der Waals surface area contributed by atoms with Crippen LogP contribution in [-0.4, -0.2) is 49.1 Å². The van der Waals surface area contributed by atoms with Crippen LogP contribution in [0.4, 0.5) is 30.7 Å². The Morgan fingerprint density at radius 2 is 1.60 bits per heavy atom. The summed E-state index contributed by atoms with van der Waals surface area (Å²) >= 11 is 0. The summed E-state index contributed by atoms with van der Waals surface area (Å²) in [5.41, 5.74) is -1.21. The molecular formula is C31H31F7N6O. The highest BCUT2D eigenvalue weighted by Gasteiger charge is 2.39. The second-order valence-electron chi connectivity index (χ2n) is 11.7. The number of likely N-dealkylation sites (tertiary alicyclic amines) is 1. The molecule has 2 aliphatic rings. The van der Waals surface area contributed by atoms with Crippen LogP contribution in [0.5, 0.6) is 0 Å². The van der Waals surface area contributed by atoms with Crippen molar-refractivity contribution in [3.8, 4) is 0 Å². The first-order valence-electron chi connectivity index (χ1n) is 14.7. The van der Waals surface area contributed by atoms with Crippen molar-refractivity contribution in [2.45, 2.75) is 75.7 Å². The summed E-state index contributed by atoms with van der Waals surface area (Å²) in [4.78, 5) is 2.30. The number of rotatable bonds is 7. The van der Waals surface area contributed by atoms with Crippen LogP contribution in [0.1, 0.15) is 77.3 Å². The van der Waals surface area contributed by atoms with E-state index >= 15 is 0 Å². The van der Waals surface area contributed by atoms with Crippen molar-refractivity contribution in [2.24, 2.45) is 0 Å². The number of nitrogens with one attached hydrogen (secondary N) is 1. The minimum Gasteiger partial charge on any atom is -0.369 e. The molecule has 0 saturated carbocycles. The third-order valence-electron chi connectivity index (χ3n) is 8.79. The Hall–Kier alpha value is -3.78. The minimum atomic E-state index is -4.97. The van der Waals surface area contributed by atoms with Crippen molar-refractivity contribution >= 4 is 0 Å². The van der Waals surface area contributed by atoms with Crippen molar-refractivity contribution in [1.29, 1.82) is 0 Å². The number of aromatic amines is 1. The molecule has 1 N–H and O–H groups in total. The molecule has 0 radical (unpaired) electrons. The van der Waals surface area contributed by atoms with Gasteiger partial charge in [-0.15, -0.1) is 10.2 Å². The molecule has 1 fully saturated rings. The molecule has 45 heavy (non-hydrogen) atoms. The monoisotopic (exact) mass is 636 g/mol.